The van der Waals surface area contributed by atoms with Crippen molar-refractivity contribution >= 4 is 31.3 Å². The van der Waals surface area contributed by atoms with E-state index in [1.54, 1.807) is 0 Å². The monoisotopic (exact) mass is 439 g/mol. The van der Waals surface area contributed by atoms with Gasteiger partial charge in [-0.3, -0.25) is 4.79 Å². The average molecular weight is 440 g/mol. The number of hydrogen-bond acceptors (Lipinski definition) is 6. The van der Waals surface area contributed by atoms with Crippen molar-refractivity contribution in [1.82, 2.24) is 4.98 Å². The number of nitrogens with two attached hydrogens (primary N) is 1. The van der Waals surface area contributed by atoms with E-state index in [2.05, 4.69) is 4.98 Å². The number of halogens is 4. The number of pyridine rings is 1. The molecule has 1 aliphatic rings. The van der Waals surface area contributed by atoms with Crippen LogP contribution in [0.25, 0.3) is 0 Å². The van der Waals surface area contributed by atoms with Crippen molar-refractivity contribution < 1.29 is 33.1 Å². The number of unbranched alkanes of at least 4 members (excludes halogenated alkanes) is 1. The normalized spacial score (nSPS) is 17.4. The first-order valence-corrected chi connectivity index (χ1v) is 9.20. The number of piperidine rings is 1. The molecule has 1 unspecified atom stereocenters. The van der Waals surface area contributed by atoms with Crippen LogP contribution in [0.2, 0.25) is 6.32 Å². The van der Waals surface area contributed by atoms with Gasteiger partial charge in [0.05, 0.1) is 5.56 Å². The summed E-state index contributed by atoms with van der Waals surface area (Å²) < 4.78 is 37.9. The summed E-state index contributed by atoms with van der Waals surface area (Å²) in [6.07, 6.45) is -1.39. The highest BCUT2D eigenvalue weighted by Crippen LogP contribution is 2.34. The fraction of sp³-hybridized carbons (Fsp3) is 0.647. The molecule has 7 nitrogen and oxygen atoms in total. The van der Waals surface area contributed by atoms with Crippen molar-refractivity contribution in [3.63, 3.8) is 0 Å². The number of nitrogens with zero attached hydrogens (tertiary/aromatic N) is 2. The van der Waals surface area contributed by atoms with Crippen LogP contribution in [0.5, 0.6) is 0 Å². The van der Waals surface area contributed by atoms with E-state index in [-0.39, 0.29) is 31.1 Å². The van der Waals surface area contributed by atoms with Crippen LogP contribution in [-0.4, -0.2) is 51.9 Å². The second kappa shape index (κ2) is 10.5. The van der Waals surface area contributed by atoms with Crippen LogP contribution in [-0.2, 0) is 11.0 Å². The van der Waals surface area contributed by atoms with E-state index in [9.17, 15) is 23.1 Å². The summed E-state index contributed by atoms with van der Waals surface area (Å²) in [6, 6.07) is 2.30. The van der Waals surface area contributed by atoms with Crippen LogP contribution >= 0.6 is 12.4 Å². The Morgan fingerprint density at radius 2 is 1.86 bits per heavy atom. The minimum absolute atomic E-state index is 0. The first-order valence-electron chi connectivity index (χ1n) is 9.20. The van der Waals surface area contributed by atoms with Gasteiger partial charge >= 0.3 is 19.3 Å². The lowest BCUT2D eigenvalue weighted by atomic mass is 9.74. The van der Waals surface area contributed by atoms with Crippen molar-refractivity contribution in [2.75, 3.05) is 18.0 Å². The summed E-state index contributed by atoms with van der Waals surface area (Å²) in [5, 5.41) is 27.4. The standard InChI is InChI=1S/C17H25BF3N3O4.ClH/c19-17(20,21)13-3-4-14(23-11-13)24-9-5-12(6-10-24)16(22,15(25)26)7-1-2-8-18(27)28;/h3-4,11-12,27-28H,1-2,5-10,22H2,(H,25,26);1H. The zero-order valence-electron chi connectivity index (χ0n) is 15.8. The van der Waals surface area contributed by atoms with Crippen molar-refractivity contribution in [1.29, 1.82) is 0 Å². The summed E-state index contributed by atoms with van der Waals surface area (Å²) in [6.45, 7) is 0.898. The van der Waals surface area contributed by atoms with Crippen LogP contribution in [0.15, 0.2) is 18.3 Å². The van der Waals surface area contributed by atoms with Gasteiger partial charge in [0.1, 0.15) is 11.4 Å². The zero-order chi connectivity index (χ0) is 20.9. The van der Waals surface area contributed by atoms with E-state index in [1.165, 1.54) is 6.07 Å². The predicted molar refractivity (Wildman–Crippen MR) is 105 cm³/mol. The molecule has 0 aromatic carbocycles. The molecular formula is C17H26BClF3N3O4. The van der Waals surface area contributed by atoms with E-state index in [1.807, 2.05) is 4.90 Å². The Hall–Kier alpha value is -1.56. The molecule has 12 heteroatoms. The molecule has 2 heterocycles. The van der Waals surface area contributed by atoms with Crippen LogP contribution in [0.3, 0.4) is 0 Å². The van der Waals surface area contributed by atoms with E-state index in [0.29, 0.717) is 44.6 Å². The Morgan fingerprint density at radius 3 is 2.31 bits per heavy atom. The number of aliphatic carboxylic acids is 1. The second-order valence-corrected chi connectivity index (χ2v) is 7.24. The van der Waals surface area contributed by atoms with Gasteiger partial charge in [0.2, 0.25) is 0 Å². The molecule has 1 aliphatic heterocycles. The minimum Gasteiger partial charge on any atom is -0.480 e. The first kappa shape index (κ1) is 25.5. The molecule has 0 bridgehead atoms. The summed E-state index contributed by atoms with van der Waals surface area (Å²) in [5.74, 6) is -0.959. The molecule has 0 amide bonds. The number of carboxylic acid groups (broad SMARTS) is 1. The second-order valence-electron chi connectivity index (χ2n) is 7.24. The number of rotatable bonds is 8. The molecule has 0 radical (unpaired) electrons. The maximum atomic E-state index is 12.6. The SMILES string of the molecule is Cl.NC(CCCCB(O)O)(C(=O)O)C1CCN(c2ccc(C(F)(F)F)cn2)CC1. The van der Waals surface area contributed by atoms with Crippen molar-refractivity contribution in [3.05, 3.63) is 23.9 Å². The van der Waals surface area contributed by atoms with E-state index in [4.69, 9.17) is 15.8 Å². The molecule has 1 fully saturated rings. The molecule has 0 aliphatic carbocycles. The van der Waals surface area contributed by atoms with Gasteiger partial charge in [-0.25, -0.2) is 4.98 Å². The highest BCUT2D eigenvalue weighted by Gasteiger charge is 2.43. The first-order chi connectivity index (χ1) is 13.0. The molecule has 29 heavy (non-hydrogen) atoms. The van der Waals surface area contributed by atoms with Gasteiger partial charge in [0.15, 0.2) is 0 Å². The Kier molecular flexibility index (Phi) is 9.20. The third kappa shape index (κ3) is 6.73. The number of aromatic nitrogens is 1. The largest absolute Gasteiger partial charge is 0.480 e. The molecule has 1 aromatic heterocycles. The number of carbonyl (C=O) groups is 1. The maximum absolute atomic E-state index is 12.6. The lowest BCUT2D eigenvalue weighted by Crippen LogP contribution is -2.57. The summed E-state index contributed by atoms with van der Waals surface area (Å²) in [4.78, 5) is 17.5. The number of hydrogen-bond donors (Lipinski definition) is 4. The highest BCUT2D eigenvalue weighted by molar-refractivity contribution is 6.40. The summed E-state index contributed by atoms with van der Waals surface area (Å²) in [5.41, 5.74) is 3.97. The molecule has 164 valence electrons. The lowest BCUT2D eigenvalue weighted by molar-refractivity contribution is -0.146. The Balaban J connectivity index is 0.00000420. The van der Waals surface area contributed by atoms with Gasteiger partial charge < -0.3 is 25.8 Å². The van der Waals surface area contributed by atoms with Gasteiger partial charge in [0.25, 0.3) is 0 Å². The van der Waals surface area contributed by atoms with Crippen LogP contribution in [0, 0.1) is 5.92 Å². The summed E-state index contributed by atoms with van der Waals surface area (Å²) >= 11 is 0. The molecule has 0 saturated carbocycles. The van der Waals surface area contributed by atoms with Crippen LogP contribution in [0.4, 0.5) is 19.0 Å². The Labute approximate surface area is 173 Å². The minimum atomic E-state index is -4.44. The van der Waals surface area contributed by atoms with Gasteiger partial charge in [-0.15, -0.1) is 12.4 Å². The van der Waals surface area contributed by atoms with Gasteiger partial charge in [-0.1, -0.05) is 12.8 Å². The third-order valence-corrected chi connectivity index (χ3v) is 5.32. The molecule has 1 aromatic rings. The fourth-order valence-corrected chi connectivity index (χ4v) is 3.59. The number of anilines is 1. The Morgan fingerprint density at radius 1 is 1.24 bits per heavy atom. The van der Waals surface area contributed by atoms with Crippen molar-refractivity contribution in [3.8, 4) is 0 Å². The van der Waals surface area contributed by atoms with Crippen molar-refractivity contribution in [2.24, 2.45) is 11.7 Å². The summed E-state index contributed by atoms with van der Waals surface area (Å²) in [7, 11) is -1.42. The van der Waals surface area contributed by atoms with Gasteiger partial charge in [0, 0.05) is 19.3 Å². The molecular weight excluding hydrogens is 413 g/mol. The quantitative estimate of drug-likeness (QED) is 0.362. The smallest absolute Gasteiger partial charge is 0.451 e. The third-order valence-electron chi connectivity index (χ3n) is 5.32. The maximum Gasteiger partial charge on any atom is 0.451 e. The Bertz CT molecular complexity index is 658. The van der Waals surface area contributed by atoms with Gasteiger partial charge in [-0.05, 0) is 43.6 Å². The van der Waals surface area contributed by atoms with E-state index >= 15 is 0 Å². The number of carboxylic acids is 1. The zero-order valence-corrected chi connectivity index (χ0v) is 16.6. The molecule has 0 spiro atoms. The van der Waals surface area contributed by atoms with Gasteiger partial charge in [-0.2, -0.15) is 13.2 Å². The molecule has 1 atom stereocenters. The topological polar surface area (TPSA) is 120 Å². The van der Waals surface area contributed by atoms with Crippen LogP contribution in [0.1, 0.15) is 37.7 Å². The predicted octanol–water partition coefficient (Wildman–Crippen LogP) is 2.16. The van der Waals surface area contributed by atoms with Crippen molar-refractivity contribution in [2.45, 2.75) is 50.1 Å². The van der Waals surface area contributed by atoms with Crippen LogP contribution < -0.4 is 10.6 Å². The lowest BCUT2D eigenvalue weighted by Gasteiger charge is -2.40. The average Bonchev–Trinajstić information content (AvgIpc) is 2.64. The fourth-order valence-electron chi connectivity index (χ4n) is 3.59. The molecule has 1 saturated heterocycles. The van der Waals surface area contributed by atoms with E-state index < -0.39 is 30.4 Å². The molecule has 5 N–H and O–H groups in total. The molecule has 2 rings (SSSR count). The number of alkyl halides is 3. The highest BCUT2D eigenvalue weighted by atomic mass is 35.5. The van der Waals surface area contributed by atoms with E-state index in [0.717, 1.165) is 12.3 Å².